The molecule has 1 atom stereocenters. The number of aromatic nitrogens is 2. The van der Waals surface area contributed by atoms with E-state index in [2.05, 4.69) is 22.1 Å². The molecular formula is C12H21N5O. The van der Waals surface area contributed by atoms with Gasteiger partial charge in [-0.3, -0.25) is 4.68 Å². The van der Waals surface area contributed by atoms with Crippen molar-refractivity contribution in [1.29, 1.82) is 0 Å². The maximum Gasteiger partial charge on any atom is 0.175 e. The van der Waals surface area contributed by atoms with E-state index in [9.17, 15) is 0 Å². The van der Waals surface area contributed by atoms with E-state index < -0.39 is 0 Å². The lowest BCUT2D eigenvalue weighted by Crippen LogP contribution is -2.34. The van der Waals surface area contributed by atoms with Gasteiger partial charge in [0.2, 0.25) is 0 Å². The number of anilines is 1. The van der Waals surface area contributed by atoms with Gasteiger partial charge >= 0.3 is 0 Å². The van der Waals surface area contributed by atoms with Crippen molar-refractivity contribution in [3.05, 3.63) is 11.3 Å². The first kappa shape index (κ1) is 12.7. The van der Waals surface area contributed by atoms with Crippen molar-refractivity contribution in [3.8, 4) is 0 Å². The molecule has 0 radical (unpaired) electrons. The minimum absolute atomic E-state index is 0.116. The van der Waals surface area contributed by atoms with E-state index in [-0.39, 0.29) is 5.84 Å². The van der Waals surface area contributed by atoms with Crippen molar-refractivity contribution in [2.75, 3.05) is 11.9 Å². The molecule has 0 spiro atoms. The Balaban J connectivity index is 2.42. The zero-order valence-electron chi connectivity index (χ0n) is 11.4. The zero-order valence-corrected chi connectivity index (χ0v) is 11.4. The van der Waals surface area contributed by atoms with E-state index in [0.29, 0.717) is 6.04 Å². The minimum atomic E-state index is 0.116. The fourth-order valence-electron chi connectivity index (χ4n) is 2.49. The Labute approximate surface area is 107 Å². The molecule has 0 aliphatic heterocycles. The van der Waals surface area contributed by atoms with Crippen LogP contribution in [-0.2, 0) is 7.05 Å². The van der Waals surface area contributed by atoms with Crippen LogP contribution in [0.4, 0.5) is 5.82 Å². The van der Waals surface area contributed by atoms with Gasteiger partial charge in [0, 0.05) is 20.1 Å². The molecule has 3 N–H and O–H groups in total. The Morgan fingerprint density at radius 1 is 1.61 bits per heavy atom. The molecule has 1 heterocycles. The molecule has 6 nitrogen and oxygen atoms in total. The molecule has 18 heavy (non-hydrogen) atoms. The largest absolute Gasteiger partial charge is 0.409 e. The number of aryl methyl sites for hydroxylation is 2. The second kappa shape index (κ2) is 4.51. The van der Waals surface area contributed by atoms with Gasteiger partial charge in [0.1, 0.15) is 5.82 Å². The predicted molar refractivity (Wildman–Crippen MR) is 71.0 cm³/mol. The molecular weight excluding hydrogens is 230 g/mol. The van der Waals surface area contributed by atoms with Gasteiger partial charge in [0.05, 0.1) is 11.3 Å². The summed E-state index contributed by atoms with van der Waals surface area (Å²) in [5.74, 6) is 1.76. The smallest absolute Gasteiger partial charge is 0.175 e. The molecule has 2 rings (SSSR count). The topological polar surface area (TPSA) is 79.7 Å². The van der Waals surface area contributed by atoms with E-state index >= 15 is 0 Å². The van der Waals surface area contributed by atoms with Crippen LogP contribution < -0.4 is 10.6 Å². The highest BCUT2D eigenvalue weighted by Crippen LogP contribution is 2.37. The van der Waals surface area contributed by atoms with Crippen molar-refractivity contribution < 1.29 is 5.21 Å². The van der Waals surface area contributed by atoms with Gasteiger partial charge in [0.15, 0.2) is 5.84 Å². The molecule has 1 saturated carbocycles. The summed E-state index contributed by atoms with van der Waals surface area (Å²) in [6.45, 7) is 4.07. The van der Waals surface area contributed by atoms with Gasteiger partial charge in [-0.2, -0.15) is 5.10 Å². The third-order valence-corrected chi connectivity index (χ3v) is 3.81. The number of nitrogens with zero attached hydrogens (tertiary/aromatic N) is 4. The van der Waals surface area contributed by atoms with Gasteiger partial charge in [-0.25, -0.2) is 0 Å². The standard InChI is InChI=1S/C12H21N5O/c1-7-10(11(13)15-18)12(17(4)14-7)16(3)8(2)9-5-6-9/h8-9,18H,5-6H2,1-4H3,(H2,13,15). The van der Waals surface area contributed by atoms with E-state index in [4.69, 9.17) is 10.9 Å². The fourth-order valence-corrected chi connectivity index (χ4v) is 2.49. The molecule has 1 aliphatic rings. The zero-order chi connectivity index (χ0) is 13.4. The number of nitrogens with two attached hydrogens (primary N) is 1. The minimum Gasteiger partial charge on any atom is -0.409 e. The first-order valence-corrected chi connectivity index (χ1v) is 6.21. The highest BCUT2D eigenvalue weighted by molar-refractivity contribution is 6.02. The summed E-state index contributed by atoms with van der Waals surface area (Å²) in [5, 5.41) is 16.4. The third-order valence-electron chi connectivity index (χ3n) is 3.81. The first-order valence-electron chi connectivity index (χ1n) is 6.21. The quantitative estimate of drug-likeness (QED) is 0.363. The third kappa shape index (κ3) is 2.02. The Kier molecular flexibility index (Phi) is 3.19. The summed E-state index contributed by atoms with van der Waals surface area (Å²) < 4.78 is 1.79. The molecule has 1 aromatic heterocycles. The molecule has 1 aromatic rings. The maximum absolute atomic E-state index is 8.90. The second-order valence-electron chi connectivity index (χ2n) is 5.08. The van der Waals surface area contributed by atoms with Crippen molar-refractivity contribution in [2.45, 2.75) is 32.7 Å². The molecule has 0 aromatic carbocycles. The summed E-state index contributed by atoms with van der Waals surface area (Å²) in [4.78, 5) is 2.17. The molecule has 1 aliphatic carbocycles. The lowest BCUT2D eigenvalue weighted by atomic mass is 10.1. The van der Waals surface area contributed by atoms with Crippen LogP contribution in [0.15, 0.2) is 5.16 Å². The number of oxime groups is 1. The van der Waals surface area contributed by atoms with Crippen molar-refractivity contribution in [1.82, 2.24) is 9.78 Å². The van der Waals surface area contributed by atoms with Crippen LogP contribution in [0.5, 0.6) is 0 Å². The number of amidine groups is 1. The Morgan fingerprint density at radius 3 is 2.72 bits per heavy atom. The highest BCUT2D eigenvalue weighted by atomic mass is 16.4. The SMILES string of the molecule is Cc1nn(C)c(N(C)C(C)C2CC2)c1C(N)=NO. The van der Waals surface area contributed by atoms with Crippen molar-refractivity contribution in [3.63, 3.8) is 0 Å². The van der Waals surface area contributed by atoms with Gasteiger partial charge in [-0.1, -0.05) is 5.16 Å². The van der Waals surface area contributed by atoms with Crippen LogP contribution in [0.1, 0.15) is 31.0 Å². The average Bonchev–Trinajstić information content (AvgIpc) is 3.12. The number of hydrogen-bond donors (Lipinski definition) is 2. The highest BCUT2D eigenvalue weighted by Gasteiger charge is 2.33. The van der Waals surface area contributed by atoms with Crippen LogP contribution in [0.2, 0.25) is 0 Å². The van der Waals surface area contributed by atoms with Gasteiger partial charge < -0.3 is 15.8 Å². The maximum atomic E-state index is 8.90. The average molecular weight is 251 g/mol. The summed E-state index contributed by atoms with van der Waals surface area (Å²) in [7, 11) is 3.92. The summed E-state index contributed by atoms with van der Waals surface area (Å²) >= 11 is 0. The second-order valence-corrected chi connectivity index (χ2v) is 5.08. The van der Waals surface area contributed by atoms with E-state index in [0.717, 1.165) is 23.0 Å². The first-order chi connectivity index (χ1) is 8.47. The van der Waals surface area contributed by atoms with Crippen LogP contribution in [-0.4, -0.2) is 33.9 Å². The number of hydrogen-bond acceptors (Lipinski definition) is 4. The molecule has 6 heteroatoms. The summed E-state index contributed by atoms with van der Waals surface area (Å²) in [5.41, 5.74) is 7.25. The molecule has 1 unspecified atom stereocenters. The van der Waals surface area contributed by atoms with Crippen LogP contribution >= 0.6 is 0 Å². The van der Waals surface area contributed by atoms with Crippen LogP contribution in [0.25, 0.3) is 0 Å². The normalized spacial score (nSPS) is 17.9. The van der Waals surface area contributed by atoms with Crippen LogP contribution in [0.3, 0.4) is 0 Å². The van der Waals surface area contributed by atoms with Crippen molar-refractivity contribution in [2.24, 2.45) is 23.9 Å². The molecule has 0 amide bonds. The lowest BCUT2D eigenvalue weighted by molar-refractivity contribution is 0.318. The summed E-state index contributed by atoms with van der Waals surface area (Å²) in [6.07, 6.45) is 2.56. The predicted octanol–water partition coefficient (Wildman–Crippen LogP) is 1.06. The van der Waals surface area contributed by atoms with E-state index in [1.165, 1.54) is 12.8 Å². The molecule has 0 bridgehead atoms. The lowest BCUT2D eigenvalue weighted by Gasteiger charge is -2.27. The van der Waals surface area contributed by atoms with Gasteiger partial charge in [0.25, 0.3) is 0 Å². The van der Waals surface area contributed by atoms with Gasteiger partial charge in [-0.05, 0) is 32.6 Å². The number of rotatable bonds is 4. The van der Waals surface area contributed by atoms with E-state index in [1.54, 1.807) is 4.68 Å². The Bertz CT molecular complexity index is 475. The molecule has 0 saturated heterocycles. The monoisotopic (exact) mass is 251 g/mol. The molecule has 1 fully saturated rings. The molecule has 100 valence electrons. The van der Waals surface area contributed by atoms with Crippen molar-refractivity contribution >= 4 is 11.7 Å². The Morgan fingerprint density at radius 2 is 2.22 bits per heavy atom. The van der Waals surface area contributed by atoms with E-state index in [1.807, 2.05) is 21.0 Å². The fraction of sp³-hybridized carbons (Fsp3) is 0.667. The van der Waals surface area contributed by atoms with Crippen LogP contribution in [0, 0.1) is 12.8 Å². The van der Waals surface area contributed by atoms with Gasteiger partial charge in [-0.15, -0.1) is 0 Å². The summed E-state index contributed by atoms with van der Waals surface area (Å²) in [6, 6.07) is 0.435. The Hall–Kier alpha value is -1.72.